The van der Waals surface area contributed by atoms with Gasteiger partial charge in [-0.15, -0.1) is 6.42 Å². The van der Waals surface area contributed by atoms with Crippen molar-refractivity contribution in [2.75, 3.05) is 30.4 Å². The molecule has 1 aliphatic heterocycles. The summed E-state index contributed by atoms with van der Waals surface area (Å²) >= 11 is 0. The normalized spacial score (nSPS) is 13.9. The number of terminal acetylenes is 1. The molecule has 0 unspecified atom stereocenters. The van der Waals surface area contributed by atoms with Gasteiger partial charge in [0.1, 0.15) is 24.1 Å². The van der Waals surface area contributed by atoms with Gasteiger partial charge in [-0.1, -0.05) is 30.2 Å². The van der Waals surface area contributed by atoms with Crippen LogP contribution in [0.3, 0.4) is 0 Å². The second kappa shape index (κ2) is 10.6. The van der Waals surface area contributed by atoms with E-state index in [1.807, 2.05) is 36.4 Å². The number of anilines is 3. The Balaban J connectivity index is 1.22. The van der Waals surface area contributed by atoms with Crippen molar-refractivity contribution < 1.29 is 9.47 Å². The number of para-hydroxylation sites is 1. The van der Waals surface area contributed by atoms with Crippen molar-refractivity contribution in [1.29, 1.82) is 0 Å². The van der Waals surface area contributed by atoms with Crippen LogP contribution >= 0.6 is 0 Å². The summed E-state index contributed by atoms with van der Waals surface area (Å²) in [4.78, 5) is 11.4. The summed E-state index contributed by atoms with van der Waals surface area (Å²) in [5.74, 6) is 5.99. The smallest absolute Gasteiger partial charge is 0.162 e. The zero-order valence-electron chi connectivity index (χ0n) is 22.2. The largest absolute Gasteiger partial charge is 0.493 e. The molecule has 5 aromatic rings. The monoisotopic (exact) mass is 517 g/mol. The van der Waals surface area contributed by atoms with E-state index in [1.54, 1.807) is 13.4 Å². The first-order valence-corrected chi connectivity index (χ1v) is 13.3. The molecule has 0 amide bonds. The number of aryl methyl sites for hydroxylation is 1. The highest BCUT2D eigenvalue weighted by atomic mass is 16.5. The van der Waals surface area contributed by atoms with E-state index in [0.29, 0.717) is 17.3 Å². The second-order valence-corrected chi connectivity index (χ2v) is 9.70. The lowest BCUT2D eigenvalue weighted by Crippen LogP contribution is -2.39. The summed E-state index contributed by atoms with van der Waals surface area (Å²) in [5.41, 5.74) is 3.72. The number of fused-ring (bicyclic) bond motifs is 2. The van der Waals surface area contributed by atoms with E-state index in [9.17, 15) is 0 Å². The van der Waals surface area contributed by atoms with Crippen molar-refractivity contribution in [2.24, 2.45) is 0 Å². The van der Waals surface area contributed by atoms with Gasteiger partial charge in [0.2, 0.25) is 0 Å². The fraction of sp³-hybridized carbons (Fsp3) is 0.250. The van der Waals surface area contributed by atoms with Crippen molar-refractivity contribution >= 4 is 39.1 Å². The maximum Gasteiger partial charge on any atom is 0.162 e. The fourth-order valence-corrected chi connectivity index (χ4v) is 5.41. The number of nitrogens with one attached hydrogen (secondary N) is 1. The Morgan fingerprint density at radius 2 is 1.85 bits per heavy atom. The van der Waals surface area contributed by atoms with Gasteiger partial charge in [-0.3, -0.25) is 0 Å². The van der Waals surface area contributed by atoms with Gasteiger partial charge in [0.15, 0.2) is 11.5 Å². The van der Waals surface area contributed by atoms with Gasteiger partial charge in [0.25, 0.3) is 0 Å². The summed E-state index contributed by atoms with van der Waals surface area (Å²) in [6, 6.07) is 22.5. The SMILES string of the molecule is C#Cc1cccc(Nc2ncnc3cc(OC)c(OC4CCN(c5cc6ccccc6n5CC)CC4)cc23)c1. The Morgan fingerprint density at radius 1 is 1.00 bits per heavy atom. The summed E-state index contributed by atoms with van der Waals surface area (Å²) in [6.45, 7) is 5.01. The molecule has 39 heavy (non-hydrogen) atoms. The highest BCUT2D eigenvalue weighted by molar-refractivity contribution is 5.93. The van der Waals surface area contributed by atoms with Gasteiger partial charge in [-0.05, 0) is 43.3 Å². The molecule has 0 atom stereocenters. The molecule has 1 saturated heterocycles. The average molecular weight is 518 g/mol. The molecule has 2 aromatic heterocycles. The molecule has 1 fully saturated rings. The van der Waals surface area contributed by atoms with Crippen molar-refractivity contribution in [2.45, 2.75) is 32.4 Å². The first-order valence-electron chi connectivity index (χ1n) is 13.3. The minimum atomic E-state index is 0.0837. The predicted molar refractivity (Wildman–Crippen MR) is 157 cm³/mol. The third-order valence-electron chi connectivity index (χ3n) is 7.38. The molecule has 0 spiro atoms. The Hall–Kier alpha value is -4.70. The molecule has 0 radical (unpaired) electrons. The average Bonchev–Trinajstić information content (AvgIpc) is 3.36. The highest BCUT2D eigenvalue weighted by Crippen LogP contribution is 2.37. The number of benzene rings is 3. The molecule has 196 valence electrons. The van der Waals surface area contributed by atoms with Gasteiger partial charge in [0, 0.05) is 66.1 Å². The Bertz CT molecular complexity index is 1680. The van der Waals surface area contributed by atoms with E-state index in [-0.39, 0.29) is 6.10 Å². The van der Waals surface area contributed by atoms with Crippen molar-refractivity contribution in [3.63, 3.8) is 0 Å². The lowest BCUT2D eigenvalue weighted by molar-refractivity contribution is 0.164. The Kier molecular flexibility index (Phi) is 6.68. The minimum absolute atomic E-state index is 0.0837. The van der Waals surface area contributed by atoms with Crippen LogP contribution in [0.15, 0.2) is 73.1 Å². The Labute approximate surface area is 228 Å². The van der Waals surface area contributed by atoms with Crippen LogP contribution < -0.4 is 19.7 Å². The molecule has 0 bridgehead atoms. The first kappa shape index (κ1) is 24.6. The molecule has 0 saturated carbocycles. The van der Waals surface area contributed by atoms with Crippen LogP contribution in [0.4, 0.5) is 17.3 Å². The van der Waals surface area contributed by atoms with E-state index < -0.39 is 0 Å². The zero-order valence-corrected chi connectivity index (χ0v) is 22.2. The van der Waals surface area contributed by atoms with Crippen molar-refractivity contribution in [1.82, 2.24) is 14.5 Å². The van der Waals surface area contributed by atoms with Crippen LogP contribution in [0.5, 0.6) is 11.5 Å². The second-order valence-electron chi connectivity index (χ2n) is 9.70. The van der Waals surface area contributed by atoms with Gasteiger partial charge >= 0.3 is 0 Å². The van der Waals surface area contributed by atoms with Gasteiger partial charge in [-0.2, -0.15) is 0 Å². The van der Waals surface area contributed by atoms with E-state index in [4.69, 9.17) is 15.9 Å². The standard InChI is InChI=1S/C32H31N5O2/c1-4-22-9-8-11-24(17-22)35-32-26-19-30(29(38-3)20-27(26)33-21-34-32)39-25-13-15-36(16-14-25)31-18-23-10-6-7-12-28(23)37(31)5-2/h1,6-12,17-21,25H,5,13-16H2,2-3H3,(H,33,34,35). The van der Waals surface area contributed by atoms with Crippen LogP contribution in [0.25, 0.3) is 21.8 Å². The third-order valence-corrected chi connectivity index (χ3v) is 7.38. The molecular formula is C32H31N5O2. The van der Waals surface area contributed by atoms with Gasteiger partial charge in [-0.25, -0.2) is 9.97 Å². The number of aromatic nitrogens is 3. The molecule has 7 nitrogen and oxygen atoms in total. The number of rotatable bonds is 7. The number of methoxy groups -OCH3 is 1. The summed E-state index contributed by atoms with van der Waals surface area (Å²) in [7, 11) is 1.66. The quantitative estimate of drug-likeness (QED) is 0.253. The maximum absolute atomic E-state index is 6.56. The van der Waals surface area contributed by atoms with E-state index in [1.165, 1.54) is 16.7 Å². The predicted octanol–water partition coefficient (Wildman–Crippen LogP) is 6.39. The Morgan fingerprint density at radius 3 is 2.64 bits per heavy atom. The van der Waals surface area contributed by atoms with Crippen LogP contribution in [-0.4, -0.2) is 40.8 Å². The lowest BCUT2D eigenvalue weighted by Gasteiger charge is -2.34. The maximum atomic E-state index is 6.56. The van der Waals surface area contributed by atoms with E-state index in [2.05, 4.69) is 67.9 Å². The fourth-order valence-electron chi connectivity index (χ4n) is 5.41. The van der Waals surface area contributed by atoms with E-state index >= 15 is 0 Å². The number of hydrogen-bond donors (Lipinski definition) is 1. The van der Waals surface area contributed by atoms with Crippen molar-refractivity contribution in [3.05, 3.63) is 78.6 Å². The zero-order chi connectivity index (χ0) is 26.8. The first-order chi connectivity index (χ1) is 19.2. The molecule has 1 aliphatic rings. The lowest BCUT2D eigenvalue weighted by atomic mass is 10.1. The number of hydrogen-bond acceptors (Lipinski definition) is 6. The minimum Gasteiger partial charge on any atom is -0.493 e. The molecular weight excluding hydrogens is 486 g/mol. The molecule has 1 N–H and O–H groups in total. The van der Waals surface area contributed by atoms with E-state index in [0.717, 1.165) is 54.6 Å². The topological polar surface area (TPSA) is 64.4 Å². The molecule has 6 rings (SSSR count). The summed E-state index contributed by atoms with van der Waals surface area (Å²) in [6.07, 6.45) is 9.04. The van der Waals surface area contributed by atoms with Crippen LogP contribution in [0, 0.1) is 12.3 Å². The molecule has 3 aromatic carbocycles. The highest BCUT2D eigenvalue weighted by Gasteiger charge is 2.25. The van der Waals surface area contributed by atoms with Crippen LogP contribution in [0.1, 0.15) is 25.3 Å². The van der Waals surface area contributed by atoms with Crippen LogP contribution in [-0.2, 0) is 6.54 Å². The number of ether oxygens (including phenoxy) is 2. The van der Waals surface area contributed by atoms with Crippen LogP contribution in [0.2, 0.25) is 0 Å². The number of piperidine rings is 1. The summed E-state index contributed by atoms with van der Waals surface area (Å²) in [5, 5.41) is 5.52. The molecule has 3 heterocycles. The molecule has 0 aliphatic carbocycles. The number of nitrogens with zero attached hydrogens (tertiary/aromatic N) is 4. The van der Waals surface area contributed by atoms with Crippen molar-refractivity contribution in [3.8, 4) is 23.8 Å². The third kappa shape index (κ3) is 4.82. The van der Waals surface area contributed by atoms with Gasteiger partial charge in [0.05, 0.1) is 12.6 Å². The molecule has 7 heteroatoms. The van der Waals surface area contributed by atoms with Gasteiger partial charge < -0.3 is 24.3 Å². The summed E-state index contributed by atoms with van der Waals surface area (Å²) < 4.78 is 14.7.